The number of hydrogen-bond acceptors (Lipinski definition) is 6. The number of quaternary nitrogens is 2. The summed E-state index contributed by atoms with van der Waals surface area (Å²) in [7, 11) is 9.36. The van der Waals surface area contributed by atoms with E-state index in [4.69, 9.17) is 9.47 Å². The highest BCUT2D eigenvalue weighted by Gasteiger charge is 2.65. The lowest BCUT2D eigenvalue weighted by molar-refractivity contribution is -0.894. The van der Waals surface area contributed by atoms with Crippen LogP contribution in [0.15, 0.2) is 0 Å². The lowest BCUT2D eigenvalue weighted by atomic mass is 9.44. The van der Waals surface area contributed by atoms with Crippen LogP contribution in [-0.4, -0.2) is 136 Å². The van der Waals surface area contributed by atoms with Crippen molar-refractivity contribution in [2.75, 3.05) is 80.5 Å². The highest BCUT2D eigenvalue weighted by molar-refractivity contribution is 5.66. The second-order valence-electron chi connectivity index (χ2n) is 17.5. The van der Waals surface area contributed by atoms with Gasteiger partial charge in [-0.1, -0.05) is 13.8 Å². The molecular formula is C35H62N4O4+2. The van der Waals surface area contributed by atoms with Gasteiger partial charge in [-0.2, -0.15) is 0 Å². The van der Waals surface area contributed by atoms with Crippen LogP contribution in [0, 0.1) is 34.5 Å². The fraction of sp³-hybridized carbons (Fsp3) is 0.943. The molecule has 0 spiro atoms. The summed E-state index contributed by atoms with van der Waals surface area (Å²) in [6.07, 6.45) is 8.22. The van der Waals surface area contributed by atoms with E-state index in [2.05, 4.69) is 51.8 Å². The molecule has 1 unspecified atom stereocenters. The second kappa shape index (κ2) is 11.2. The van der Waals surface area contributed by atoms with Crippen molar-refractivity contribution in [3.63, 3.8) is 0 Å². The molecule has 2 aliphatic heterocycles. The summed E-state index contributed by atoms with van der Waals surface area (Å²) < 4.78 is 14.6. The molecule has 0 bridgehead atoms. The molecule has 8 heteroatoms. The first-order valence-electron chi connectivity index (χ1n) is 17.6. The summed E-state index contributed by atoms with van der Waals surface area (Å²) in [5.41, 5.74) is 0.308. The number of fused-ring (bicyclic) bond motifs is 5. The van der Waals surface area contributed by atoms with Crippen LogP contribution in [0.1, 0.15) is 72.6 Å². The quantitative estimate of drug-likeness (QED) is 0.362. The largest absolute Gasteiger partial charge is 0.461 e. The molecule has 2 heterocycles. The van der Waals surface area contributed by atoms with Crippen LogP contribution in [0.5, 0.6) is 0 Å². The molecule has 0 aromatic heterocycles. The van der Waals surface area contributed by atoms with E-state index >= 15 is 0 Å². The summed E-state index contributed by atoms with van der Waals surface area (Å²) in [5.74, 6) is 2.35. The molecule has 4 saturated carbocycles. The lowest BCUT2D eigenvalue weighted by Gasteiger charge is -2.62. The van der Waals surface area contributed by atoms with Crippen LogP contribution < -0.4 is 0 Å². The zero-order valence-electron chi connectivity index (χ0n) is 28.6. The van der Waals surface area contributed by atoms with Crippen LogP contribution in [0.3, 0.4) is 0 Å². The first kappa shape index (κ1) is 31.7. The molecule has 8 nitrogen and oxygen atoms in total. The molecule has 244 valence electrons. The van der Waals surface area contributed by atoms with E-state index in [0.29, 0.717) is 35.8 Å². The number of ether oxygens (including phenoxy) is 2. The van der Waals surface area contributed by atoms with Crippen molar-refractivity contribution in [2.24, 2.45) is 34.5 Å². The Morgan fingerprint density at radius 1 is 0.698 bits per heavy atom. The lowest BCUT2D eigenvalue weighted by Crippen LogP contribution is -2.64. The van der Waals surface area contributed by atoms with Gasteiger partial charge in [-0.05, 0) is 74.0 Å². The van der Waals surface area contributed by atoms with E-state index < -0.39 is 0 Å². The Kier molecular flexibility index (Phi) is 8.30. The summed E-state index contributed by atoms with van der Waals surface area (Å²) in [6.45, 7) is 17.3. The molecule has 0 amide bonds. The van der Waals surface area contributed by atoms with Crippen molar-refractivity contribution < 1.29 is 28.0 Å². The summed E-state index contributed by atoms with van der Waals surface area (Å²) >= 11 is 0. The molecular weight excluding hydrogens is 540 g/mol. The molecule has 6 rings (SSSR count). The minimum absolute atomic E-state index is 0.00234. The topological polar surface area (TPSA) is 59.1 Å². The number of nitrogens with zero attached hydrogens (tertiary/aromatic N) is 4. The number of carbonyl (C=O) groups excluding carboxylic acids is 2. The molecule has 0 aromatic rings. The van der Waals surface area contributed by atoms with Gasteiger partial charge >= 0.3 is 11.9 Å². The zero-order chi connectivity index (χ0) is 30.9. The van der Waals surface area contributed by atoms with Gasteiger partial charge in [0.05, 0.1) is 54.4 Å². The zero-order valence-corrected chi connectivity index (χ0v) is 28.6. The fourth-order valence-corrected chi connectivity index (χ4v) is 11.4. The van der Waals surface area contributed by atoms with Gasteiger partial charge in [0, 0.05) is 57.5 Å². The number of hydrogen-bond donors (Lipinski definition) is 0. The van der Waals surface area contributed by atoms with Gasteiger partial charge in [0.2, 0.25) is 0 Å². The number of carbonyl (C=O) groups is 2. The summed E-state index contributed by atoms with van der Waals surface area (Å²) in [6, 6.07) is 0.656. The molecule has 4 aliphatic carbocycles. The number of esters is 2. The Hall–Kier alpha value is -1.22. The third-order valence-electron chi connectivity index (χ3n) is 14.1. The molecule has 43 heavy (non-hydrogen) atoms. The highest BCUT2D eigenvalue weighted by atomic mass is 16.5. The molecule has 0 radical (unpaired) electrons. The van der Waals surface area contributed by atoms with Gasteiger partial charge in [-0.15, -0.1) is 0 Å². The monoisotopic (exact) mass is 602 g/mol. The summed E-state index contributed by atoms with van der Waals surface area (Å²) in [4.78, 5) is 30.2. The van der Waals surface area contributed by atoms with Gasteiger partial charge in [-0.25, -0.2) is 0 Å². The fourth-order valence-electron chi connectivity index (χ4n) is 11.4. The first-order valence-corrected chi connectivity index (χ1v) is 17.6. The molecule has 0 aromatic carbocycles. The summed E-state index contributed by atoms with van der Waals surface area (Å²) in [5, 5.41) is 0. The maximum Gasteiger partial charge on any atom is 0.302 e. The normalized spacial score (nSPS) is 46.2. The minimum atomic E-state index is -0.123. The number of likely N-dealkylation sites (N-methyl/N-ethyl adjacent to an activating group) is 2. The molecule has 2 saturated heterocycles. The number of piperazine rings is 2. The van der Waals surface area contributed by atoms with Crippen molar-refractivity contribution in [3.05, 3.63) is 0 Å². The molecule has 0 N–H and O–H groups in total. The predicted molar refractivity (Wildman–Crippen MR) is 168 cm³/mol. The van der Waals surface area contributed by atoms with E-state index in [1.165, 1.54) is 25.7 Å². The average Bonchev–Trinajstić information content (AvgIpc) is 3.20. The van der Waals surface area contributed by atoms with E-state index in [0.717, 1.165) is 80.6 Å². The third-order valence-corrected chi connectivity index (χ3v) is 14.1. The van der Waals surface area contributed by atoms with Crippen molar-refractivity contribution >= 4 is 11.9 Å². The van der Waals surface area contributed by atoms with Crippen LogP contribution in [0.4, 0.5) is 0 Å². The van der Waals surface area contributed by atoms with Gasteiger partial charge < -0.3 is 18.4 Å². The Morgan fingerprint density at radius 2 is 1.26 bits per heavy atom. The standard InChI is InChI=1S/C35H62N4O4/c1-24(40)42-32-21-26-9-10-27-28(35(26,4)23-31(32)37-15-19-39(7,8)20-16-37)11-12-34(3)29(27)22-30(33(34)43-25(2)41)36-13-17-38(5,6)18-14-36/h26-33H,9-23H2,1-8H3/q+2/t26-,27+,28-,29-,30-,31-,32-,33?,34-,35-/m0/s1. The second-order valence-corrected chi connectivity index (χ2v) is 17.5. The third kappa shape index (κ3) is 5.81. The highest BCUT2D eigenvalue weighted by Crippen LogP contribution is 2.67. The molecule has 6 aliphatic rings. The Morgan fingerprint density at radius 3 is 1.81 bits per heavy atom. The van der Waals surface area contributed by atoms with Crippen molar-refractivity contribution in [2.45, 2.75) is 96.9 Å². The van der Waals surface area contributed by atoms with Crippen LogP contribution in [0.25, 0.3) is 0 Å². The van der Waals surface area contributed by atoms with Crippen LogP contribution >= 0.6 is 0 Å². The SMILES string of the molecule is CC(=O)OC1[C@@H](N2CC[N+](C)(C)CC2)C[C@H]2[C@@H]3CC[C@H]4C[C@H](OC(C)=O)[C@@H](N5CC[N+](C)(C)CC5)C[C@]4(C)[C@H]3CC[C@]12C. The Labute approximate surface area is 261 Å². The Bertz CT molecular complexity index is 1060. The van der Waals surface area contributed by atoms with Crippen molar-refractivity contribution in [1.29, 1.82) is 0 Å². The maximum atomic E-state index is 12.5. The average molecular weight is 603 g/mol. The van der Waals surface area contributed by atoms with Crippen molar-refractivity contribution in [1.82, 2.24) is 9.80 Å². The Balaban J connectivity index is 1.26. The number of rotatable bonds is 4. The van der Waals surface area contributed by atoms with Crippen LogP contribution in [0.2, 0.25) is 0 Å². The smallest absolute Gasteiger partial charge is 0.302 e. The molecule has 10 atom stereocenters. The maximum absolute atomic E-state index is 12.5. The van der Waals surface area contributed by atoms with E-state index in [1.807, 2.05) is 0 Å². The minimum Gasteiger partial charge on any atom is -0.461 e. The molecule has 6 fully saturated rings. The van der Waals surface area contributed by atoms with Gasteiger partial charge in [0.25, 0.3) is 0 Å². The van der Waals surface area contributed by atoms with Crippen molar-refractivity contribution in [3.8, 4) is 0 Å². The van der Waals surface area contributed by atoms with Gasteiger partial charge in [-0.3, -0.25) is 19.4 Å². The van der Waals surface area contributed by atoms with Crippen LogP contribution in [-0.2, 0) is 19.1 Å². The van der Waals surface area contributed by atoms with E-state index in [9.17, 15) is 9.59 Å². The van der Waals surface area contributed by atoms with Gasteiger partial charge in [0.15, 0.2) is 0 Å². The first-order chi connectivity index (χ1) is 20.1. The predicted octanol–water partition coefficient (Wildman–Crippen LogP) is 3.63. The van der Waals surface area contributed by atoms with E-state index in [1.54, 1.807) is 13.8 Å². The van der Waals surface area contributed by atoms with E-state index in [-0.39, 0.29) is 35.0 Å². The van der Waals surface area contributed by atoms with Gasteiger partial charge in [0.1, 0.15) is 12.2 Å².